The number of primary amides is 1. The van der Waals surface area contributed by atoms with Crippen molar-refractivity contribution in [3.05, 3.63) is 11.4 Å². The van der Waals surface area contributed by atoms with Gasteiger partial charge in [0, 0.05) is 0 Å². The van der Waals surface area contributed by atoms with Crippen molar-refractivity contribution < 1.29 is 19.1 Å². The van der Waals surface area contributed by atoms with Crippen LogP contribution in [-0.2, 0) is 22.5 Å². The number of amides is 3. The van der Waals surface area contributed by atoms with Crippen LogP contribution in [0.15, 0.2) is 0 Å². The van der Waals surface area contributed by atoms with E-state index >= 15 is 0 Å². The van der Waals surface area contributed by atoms with Gasteiger partial charge in [0.1, 0.15) is 6.54 Å². The number of nitrogens with one attached hydrogen (secondary N) is 1. The first-order chi connectivity index (χ1) is 8.99. The van der Waals surface area contributed by atoms with E-state index in [4.69, 9.17) is 5.73 Å². The van der Waals surface area contributed by atoms with Gasteiger partial charge in [0.25, 0.3) is 0 Å². The fourth-order valence-electron chi connectivity index (χ4n) is 1.51. The van der Waals surface area contributed by atoms with Gasteiger partial charge in [-0.3, -0.25) is 10.1 Å². The Morgan fingerprint density at radius 2 is 2.11 bits per heavy atom. The number of rotatable bonds is 5. The summed E-state index contributed by atoms with van der Waals surface area (Å²) >= 11 is 0. The van der Waals surface area contributed by atoms with Gasteiger partial charge in [0.2, 0.25) is 5.91 Å². The van der Waals surface area contributed by atoms with Crippen molar-refractivity contribution in [3.8, 4) is 0 Å². The van der Waals surface area contributed by atoms with Gasteiger partial charge in [-0.05, 0) is 6.42 Å². The molecule has 19 heavy (non-hydrogen) atoms. The number of esters is 1. The molecule has 3 amide bonds. The summed E-state index contributed by atoms with van der Waals surface area (Å²) in [5.74, 6) is -1.25. The molecule has 0 atom stereocenters. The summed E-state index contributed by atoms with van der Waals surface area (Å²) in [4.78, 5) is 33.4. The molecule has 0 aliphatic rings. The summed E-state index contributed by atoms with van der Waals surface area (Å²) in [5.41, 5.74) is 5.37. The van der Waals surface area contributed by atoms with E-state index in [2.05, 4.69) is 15.0 Å². The summed E-state index contributed by atoms with van der Waals surface area (Å²) in [7, 11) is 1.23. The first-order valence-electron chi connectivity index (χ1n) is 5.59. The van der Waals surface area contributed by atoms with Crippen molar-refractivity contribution in [2.24, 2.45) is 5.73 Å². The van der Waals surface area contributed by atoms with Gasteiger partial charge in [0.05, 0.1) is 12.8 Å². The molecule has 0 saturated heterocycles. The molecule has 1 aromatic heterocycles. The Balaban J connectivity index is 2.94. The quantitative estimate of drug-likeness (QED) is 0.674. The Morgan fingerprint density at radius 3 is 2.63 bits per heavy atom. The average molecular weight is 269 g/mol. The molecule has 104 valence electrons. The molecule has 9 nitrogen and oxygen atoms in total. The molecule has 0 aliphatic heterocycles. The number of methoxy groups -OCH3 is 1. The van der Waals surface area contributed by atoms with Crippen LogP contribution in [0.5, 0.6) is 0 Å². The Hall–Kier alpha value is -2.45. The van der Waals surface area contributed by atoms with Crippen molar-refractivity contribution >= 4 is 17.9 Å². The standard InChI is InChI=1S/C10H15N5O4/c1-3-4-6-8(9(17)19-2)13-14-15(6)5-7(16)12-10(11)18/h3-5H2,1-2H3,(H3,11,12,16,18). The van der Waals surface area contributed by atoms with Gasteiger partial charge < -0.3 is 10.5 Å². The molecule has 0 radical (unpaired) electrons. The van der Waals surface area contributed by atoms with E-state index in [9.17, 15) is 14.4 Å². The molecular formula is C10H15N5O4. The molecule has 0 unspecified atom stereocenters. The monoisotopic (exact) mass is 269 g/mol. The van der Waals surface area contributed by atoms with Crippen LogP contribution in [-0.4, -0.2) is 40.0 Å². The summed E-state index contributed by atoms with van der Waals surface area (Å²) in [5, 5.41) is 9.29. The fourth-order valence-corrected chi connectivity index (χ4v) is 1.51. The molecule has 1 aromatic rings. The molecule has 9 heteroatoms. The normalized spacial score (nSPS) is 10.0. The van der Waals surface area contributed by atoms with Gasteiger partial charge in [-0.15, -0.1) is 5.10 Å². The second-order valence-electron chi connectivity index (χ2n) is 3.70. The first-order valence-corrected chi connectivity index (χ1v) is 5.59. The number of imide groups is 1. The van der Waals surface area contributed by atoms with Crippen molar-refractivity contribution in [1.29, 1.82) is 0 Å². The van der Waals surface area contributed by atoms with Crippen LogP contribution in [0.3, 0.4) is 0 Å². The van der Waals surface area contributed by atoms with Gasteiger partial charge in [-0.1, -0.05) is 18.6 Å². The molecule has 0 bridgehead atoms. The van der Waals surface area contributed by atoms with Crippen molar-refractivity contribution in [1.82, 2.24) is 20.3 Å². The van der Waals surface area contributed by atoms with Crippen LogP contribution >= 0.6 is 0 Å². The third-order valence-corrected chi connectivity index (χ3v) is 2.26. The Bertz CT molecular complexity index is 496. The van der Waals surface area contributed by atoms with Crippen LogP contribution in [0.25, 0.3) is 0 Å². The topological polar surface area (TPSA) is 129 Å². The van der Waals surface area contributed by atoms with E-state index in [0.717, 1.165) is 6.42 Å². The summed E-state index contributed by atoms with van der Waals surface area (Å²) in [6.45, 7) is 1.66. The molecule has 0 spiro atoms. The number of carbonyl (C=O) groups excluding carboxylic acids is 3. The Morgan fingerprint density at radius 1 is 1.42 bits per heavy atom. The number of nitrogens with zero attached hydrogens (tertiary/aromatic N) is 3. The third kappa shape index (κ3) is 3.76. The molecule has 0 saturated carbocycles. The maximum absolute atomic E-state index is 11.5. The van der Waals surface area contributed by atoms with Crippen LogP contribution in [0.4, 0.5) is 4.79 Å². The highest BCUT2D eigenvalue weighted by Gasteiger charge is 2.21. The third-order valence-electron chi connectivity index (χ3n) is 2.26. The van der Waals surface area contributed by atoms with E-state index in [1.54, 1.807) is 0 Å². The number of urea groups is 1. The van der Waals surface area contributed by atoms with Crippen LogP contribution in [0, 0.1) is 0 Å². The highest BCUT2D eigenvalue weighted by Crippen LogP contribution is 2.09. The molecular weight excluding hydrogens is 254 g/mol. The number of ether oxygens (including phenoxy) is 1. The number of aromatic nitrogens is 3. The average Bonchev–Trinajstić information content (AvgIpc) is 2.71. The maximum atomic E-state index is 11.5. The van der Waals surface area contributed by atoms with Crippen molar-refractivity contribution in [3.63, 3.8) is 0 Å². The highest BCUT2D eigenvalue weighted by atomic mass is 16.5. The summed E-state index contributed by atoms with van der Waals surface area (Å²) in [6.07, 6.45) is 1.23. The van der Waals surface area contributed by atoms with E-state index in [-0.39, 0.29) is 12.2 Å². The zero-order valence-electron chi connectivity index (χ0n) is 10.7. The molecule has 0 aromatic carbocycles. The second-order valence-corrected chi connectivity index (χ2v) is 3.70. The summed E-state index contributed by atoms with van der Waals surface area (Å²) in [6, 6.07) is -0.949. The zero-order chi connectivity index (χ0) is 14.4. The summed E-state index contributed by atoms with van der Waals surface area (Å²) < 4.78 is 5.82. The van der Waals surface area contributed by atoms with Crippen molar-refractivity contribution in [2.45, 2.75) is 26.3 Å². The van der Waals surface area contributed by atoms with E-state index in [1.807, 2.05) is 12.2 Å². The minimum absolute atomic E-state index is 0.0659. The van der Waals surface area contributed by atoms with Gasteiger partial charge in [-0.25, -0.2) is 14.3 Å². The zero-order valence-corrected chi connectivity index (χ0v) is 10.7. The van der Waals surface area contributed by atoms with E-state index in [0.29, 0.717) is 12.1 Å². The molecule has 0 fully saturated rings. The number of hydrogen-bond acceptors (Lipinski definition) is 6. The number of hydrogen-bond donors (Lipinski definition) is 2. The Labute approximate surface area is 109 Å². The number of nitrogens with two attached hydrogens (primary N) is 1. The number of carbonyl (C=O) groups is 3. The van der Waals surface area contributed by atoms with E-state index in [1.165, 1.54) is 11.8 Å². The van der Waals surface area contributed by atoms with Crippen LogP contribution in [0.2, 0.25) is 0 Å². The van der Waals surface area contributed by atoms with Crippen molar-refractivity contribution in [2.75, 3.05) is 7.11 Å². The van der Waals surface area contributed by atoms with E-state index < -0.39 is 17.9 Å². The van der Waals surface area contributed by atoms with Gasteiger partial charge >= 0.3 is 12.0 Å². The lowest BCUT2D eigenvalue weighted by atomic mass is 10.2. The van der Waals surface area contributed by atoms with Gasteiger partial charge in [-0.2, -0.15) is 0 Å². The minimum atomic E-state index is -0.949. The van der Waals surface area contributed by atoms with Crippen LogP contribution < -0.4 is 11.1 Å². The Kier molecular flexibility index (Phi) is 4.98. The molecule has 0 aliphatic carbocycles. The fraction of sp³-hybridized carbons (Fsp3) is 0.500. The lowest BCUT2D eigenvalue weighted by Gasteiger charge is -2.05. The smallest absolute Gasteiger partial charge is 0.360 e. The lowest BCUT2D eigenvalue weighted by molar-refractivity contribution is -0.120. The maximum Gasteiger partial charge on any atom is 0.360 e. The molecule has 1 heterocycles. The minimum Gasteiger partial charge on any atom is -0.464 e. The van der Waals surface area contributed by atoms with Crippen LogP contribution in [0.1, 0.15) is 29.5 Å². The second kappa shape index (κ2) is 6.47. The first kappa shape index (κ1) is 14.6. The predicted molar refractivity (Wildman–Crippen MR) is 63.1 cm³/mol. The SMILES string of the molecule is CCCc1c(C(=O)OC)nnn1CC(=O)NC(N)=O. The van der Waals surface area contributed by atoms with Gasteiger partial charge in [0.15, 0.2) is 5.69 Å². The highest BCUT2D eigenvalue weighted by molar-refractivity contribution is 5.93. The lowest BCUT2D eigenvalue weighted by Crippen LogP contribution is -2.37. The molecule has 1 rings (SSSR count). The largest absolute Gasteiger partial charge is 0.464 e. The molecule has 3 N–H and O–H groups in total. The predicted octanol–water partition coefficient (Wildman–Crippen LogP) is -0.788.